The van der Waals surface area contributed by atoms with E-state index in [4.69, 9.17) is 4.52 Å². The molecule has 0 saturated heterocycles. The summed E-state index contributed by atoms with van der Waals surface area (Å²) >= 11 is 0. The number of benzene rings is 2. The van der Waals surface area contributed by atoms with Crippen molar-refractivity contribution in [2.75, 3.05) is 0 Å². The van der Waals surface area contributed by atoms with E-state index in [0.717, 1.165) is 11.1 Å². The second kappa shape index (κ2) is 13.9. The number of rotatable bonds is 12. The van der Waals surface area contributed by atoms with Crippen LogP contribution in [-0.2, 0) is 17.6 Å². The maximum Gasteiger partial charge on any atom is 0.405 e. The number of carbonyl (C=O) groups is 3. The third-order valence-electron chi connectivity index (χ3n) is 6.93. The standard InChI is InChI=1S/C31H40N4O6/c1-19-26(20(2)41-35-19)28(37)32-23(16-21-12-8-6-9-13-21)18-25(36)24(17-22-14-10-7-11-15-22)33-29(38)27(31(3,4)5)34-30(39)40/h6-15,23-25,27,34,36H,16-18H2,1-5H3,(H,32,37)(H,33,38)(H,39,40)/t23-,24-,25+,27+/m0/s1. The molecule has 0 fully saturated rings. The number of carbonyl (C=O) groups excluding carboxylic acids is 2. The predicted octanol–water partition coefficient (Wildman–Crippen LogP) is 3.79. The maximum atomic E-state index is 13.4. The van der Waals surface area contributed by atoms with Crippen molar-refractivity contribution in [3.05, 3.63) is 88.8 Å². The quantitative estimate of drug-likeness (QED) is 0.224. The van der Waals surface area contributed by atoms with Crippen LogP contribution in [0.15, 0.2) is 65.2 Å². The lowest BCUT2D eigenvalue weighted by atomic mass is 9.85. The van der Waals surface area contributed by atoms with E-state index in [0.29, 0.717) is 29.9 Å². The van der Waals surface area contributed by atoms with Crippen molar-refractivity contribution in [3.63, 3.8) is 0 Å². The lowest BCUT2D eigenvalue weighted by molar-refractivity contribution is -0.127. The Morgan fingerprint density at radius 1 is 0.878 bits per heavy atom. The molecule has 220 valence electrons. The fraction of sp³-hybridized carbons (Fsp3) is 0.419. The number of aromatic nitrogens is 1. The zero-order valence-electron chi connectivity index (χ0n) is 24.2. The van der Waals surface area contributed by atoms with Gasteiger partial charge in [-0.25, -0.2) is 4.79 Å². The summed E-state index contributed by atoms with van der Waals surface area (Å²) in [6.45, 7) is 8.63. The summed E-state index contributed by atoms with van der Waals surface area (Å²) < 4.78 is 5.17. The van der Waals surface area contributed by atoms with Crippen LogP contribution in [0.1, 0.15) is 60.1 Å². The first kappa shape index (κ1) is 31.3. The van der Waals surface area contributed by atoms with Gasteiger partial charge in [0.25, 0.3) is 5.91 Å². The number of aryl methyl sites for hydroxylation is 2. The lowest BCUT2D eigenvalue weighted by Crippen LogP contribution is -2.58. The molecule has 0 aliphatic heterocycles. The van der Waals surface area contributed by atoms with E-state index < -0.39 is 41.6 Å². The van der Waals surface area contributed by atoms with Crippen molar-refractivity contribution in [3.8, 4) is 0 Å². The number of amides is 3. The second-order valence-electron chi connectivity index (χ2n) is 11.4. The average Bonchev–Trinajstić information content (AvgIpc) is 3.24. The summed E-state index contributed by atoms with van der Waals surface area (Å²) in [5.74, 6) is -0.511. The van der Waals surface area contributed by atoms with Gasteiger partial charge in [0.15, 0.2) is 0 Å². The Morgan fingerprint density at radius 2 is 1.44 bits per heavy atom. The molecule has 0 saturated carbocycles. The smallest absolute Gasteiger partial charge is 0.405 e. The summed E-state index contributed by atoms with van der Waals surface area (Å²) in [5, 5.41) is 33.0. The molecule has 0 radical (unpaired) electrons. The van der Waals surface area contributed by atoms with Gasteiger partial charge in [-0.1, -0.05) is 86.6 Å². The van der Waals surface area contributed by atoms with E-state index >= 15 is 0 Å². The maximum absolute atomic E-state index is 13.4. The van der Waals surface area contributed by atoms with Crippen LogP contribution in [0.4, 0.5) is 4.79 Å². The van der Waals surface area contributed by atoms with Gasteiger partial charge in [-0.2, -0.15) is 0 Å². The monoisotopic (exact) mass is 564 g/mol. The minimum Gasteiger partial charge on any atom is -0.465 e. The van der Waals surface area contributed by atoms with Gasteiger partial charge < -0.3 is 30.7 Å². The first-order chi connectivity index (χ1) is 19.3. The normalized spacial score (nSPS) is 14.4. The highest BCUT2D eigenvalue weighted by atomic mass is 16.5. The topological polar surface area (TPSA) is 154 Å². The highest BCUT2D eigenvalue weighted by Gasteiger charge is 2.35. The molecule has 1 heterocycles. The SMILES string of the molecule is Cc1noc(C)c1C(=O)N[C@@H](Cc1ccccc1)C[C@@H](O)[C@H](Cc1ccccc1)NC(=O)[C@@H](NC(=O)O)C(C)(C)C. The number of carboxylic acid groups (broad SMARTS) is 1. The molecule has 2 aromatic carbocycles. The Labute approximate surface area is 240 Å². The van der Waals surface area contributed by atoms with E-state index in [1.807, 2.05) is 60.7 Å². The minimum atomic E-state index is -1.31. The largest absolute Gasteiger partial charge is 0.465 e. The van der Waals surface area contributed by atoms with E-state index in [2.05, 4.69) is 21.1 Å². The van der Waals surface area contributed by atoms with E-state index in [1.165, 1.54) is 0 Å². The number of aliphatic hydroxyl groups is 1. The molecule has 0 unspecified atom stereocenters. The average molecular weight is 565 g/mol. The van der Waals surface area contributed by atoms with Crippen LogP contribution in [0.5, 0.6) is 0 Å². The van der Waals surface area contributed by atoms with Crippen molar-refractivity contribution in [1.82, 2.24) is 21.1 Å². The van der Waals surface area contributed by atoms with E-state index in [9.17, 15) is 24.6 Å². The van der Waals surface area contributed by atoms with Gasteiger partial charge in [-0.15, -0.1) is 0 Å². The molecule has 10 heteroatoms. The molecule has 4 atom stereocenters. The summed E-state index contributed by atoms with van der Waals surface area (Å²) in [7, 11) is 0. The van der Waals surface area contributed by atoms with Gasteiger partial charge in [0, 0.05) is 6.04 Å². The Balaban J connectivity index is 1.88. The van der Waals surface area contributed by atoms with Crippen molar-refractivity contribution in [2.45, 2.75) is 78.1 Å². The first-order valence-corrected chi connectivity index (χ1v) is 13.6. The number of hydrogen-bond donors (Lipinski definition) is 5. The van der Waals surface area contributed by atoms with Crippen LogP contribution in [0.25, 0.3) is 0 Å². The number of hydrogen-bond acceptors (Lipinski definition) is 6. The van der Waals surface area contributed by atoms with Gasteiger partial charge in [-0.05, 0) is 49.7 Å². The first-order valence-electron chi connectivity index (χ1n) is 13.6. The van der Waals surface area contributed by atoms with Crippen LogP contribution in [-0.4, -0.2) is 57.5 Å². The molecule has 0 aliphatic carbocycles. The molecule has 0 bridgehead atoms. The van der Waals surface area contributed by atoms with Crippen LogP contribution in [0, 0.1) is 19.3 Å². The Hall–Kier alpha value is -4.18. The highest BCUT2D eigenvalue weighted by molar-refractivity contribution is 5.96. The zero-order valence-corrected chi connectivity index (χ0v) is 24.2. The minimum absolute atomic E-state index is 0.119. The lowest BCUT2D eigenvalue weighted by Gasteiger charge is -2.33. The van der Waals surface area contributed by atoms with Gasteiger partial charge in [0.05, 0.1) is 17.8 Å². The van der Waals surface area contributed by atoms with Crippen molar-refractivity contribution >= 4 is 17.9 Å². The molecule has 3 aromatic rings. The Kier molecular flexibility index (Phi) is 10.7. The third-order valence-corrected chi connectivity index (χ3v) is 6.93. The number of nitrogens with one attached hydrogen (secondary N) is 3. The van der Waals surface area contributed by atoms with Gasteiger partial charge in [0.1, 0.15) is 17.4 Å². The molecule has 1 aromatic heterocycles. The Bertz CT molecular complexity index is 1280. The predicted molar refractivity (Wildman–Crippen MR) is 154 cm³/mol. The van der Waals surface area contributed by atoms with Gasteiger partial charge in [-0.3, -0.25) is 9.59 Å². The van der Waals surface area contributed by atoms with Crippen LogP contribution >= 0.6 is 0 Å². The van der Waals surface area contributed by atoms with Crippen LogP contribution in [0.3, 0.4) is 0 Å². The Morgan fingerprint density at radius 3 is 1.93 bits per heavy atom. The highest BCUT2D eigenvalue weighted by Crippen LogP contribution is 2.21. The zero-order chi connectivity index (χ0) is 30.2. The summed E-state index contributed by atoms with van der Waals surface area (Å²) in [4.78, 5) is 38.1. The number of nitrogens with zero attached hydrogens (tertiary/aromatic N) is 1. The molecule has 10 nitrogen and oxygen atoms in total. The molecule has 5 N–H and O–H groups in total. The van der Waals surface area contributed by atoms with Crippen LogP contribution < -0.4 is 16.0 Å². The summed E-state index contributed by atoms with van der Waals surface area (Å²) in [6, 6.07) is 16.7. The van der Waals surface area contributed by atoms with Crippen molar-refractivity contribution < 1.29 is 29.1 Å². The molecular formula is C31H40N4O6. The summed E-state index contributed by atoms with van der Waals surface area (Å²) in [6.07, 6.45) is -1.54. The molecular weight excluding hydrogens is 524 g/mol. The van der Waals surface area contributed by atoms with E-state index in [-0.39, 0.29) is 12.3 Å². The summed E-state index contributed by atoms with van der Waals surface area (Å²) in [5.41, 5.74) is 1.94. The van der Waals surface area contributed by atoms with Gasteiger partial charge in [0.2, 0.25) is 5.91 Å². The number of aliphatic hydroxyl groups excluding tert-OH is 1. The molecule has 0 aliphatic rings. The molecule has 41 heavy (non-hydrogen) atoms. The van der Waals surface area contributed by atoms with Crippen molar-refractivity contribution in [1.29, 1.82) is 0 Å². The van der Waals surface area contributed by atoms with Gasteiger partial charge >= 0.3 is 6.09 Å². The fourth-order valence-electron chi connectivity index (χ4n) is 4.83. The second-order valence-corrected chi connectivity index (χ2v) is 11.4. The van der Waals surface area contributed by atoms with Crippen molar-refractivity contribution in [2.24, 2.45) is 5.41 Å². The molecule has 3 amide bonds. The van der Waals surface area contributed by atoms with E-state index in [1.54, 1.807) is 34.6 Å². The fourth-order valence-corrected chi connectivity index (χ4v) is 4.83. The third kappa shape index (κ3) is 9.18. The molecule has 3 rings (SSSR count). The molecule has 0 spiro atoms. The van der Waals surface area contributed by atoms with Crippen LogP contribution in [0.2, 0.25) is 0 Å².